The molecule has 1 saturated carbocycles. The number of hydrogen-bond donors (Lipinski definition) is 1. The molecule has 4 aromatic rings. The minimum Gasteiger partial charge on any atom is -0.504 e. The molecule has 0 unspecified atom stereocenters. The Balaban J connectivity index is 1.30. The van der Waals surface area contributed by atoms with Crippen LogP contribution in [0.15, 0.2) is 60.9 Å². The highest BCUT2D eigenvalue weighted by Crippen LogP contribution is 2.49. The van der Waals surface area contributed by atoms with Gasteiger partial charge in [0.25, 0.3) is 0 Å². The first-order valence-corrected chi connectivity index (χ1v) is 11.6. The van der Waals surface area contributed by atoms with Crippen LogP contribution in [0, 0.1) is 17.0 Å². The second-order valence-electron chi connectivity index (χ2n) is 9.00. The summed E-state index contributed by atoms with van der Waals surface area (Å²) in [5.74, 6) is -1.59. The van der Waals surface area contributed by atoms with Gasteiger partial charge in [-0.15, -0.1) is 0 Å². The van der Waals surface area contributed by atoms with Gasteiger partial charge >= 0.3 is 0 Å². The van der Waals surface area contributed by atoms with Crippen LogP contribution in [-0.2, 0) is 22.4 Å². The molecular weight excluding hydrogens is 482 g/mol. The van der Waals surface area contributed by atoms with E-state index in [4.69, 9.17) is 9.47 Å². The van der Waals surface area contributed by atoms with Crippen molar-refractivity contribution in [2.24, 2.45) is 5.41 Å². The Bertz CT molecular complexity index is 1520. The van der Waals surface area contributed by atoms with E-state index < -0.39 is 17.0 Å². The first kappa shape index (κ1) is 24.3. The summed E-state index contributed by atoms with van der Waals surface area (Å²) < 4.78 is 38.8. The average Bonchev–Trinajstić information content (AvgIpc) is 3.69. The summed E-state index contributed by atoms with van der Waals surface area (Å²) in [5.41, 5.74) is 0.415. The largest absolute Gasteiger partial charge is 0.504 e. The number of nitrogens with zero attached hydrogens (tertiary/aromatic N) is 2. The van der Waals surface area contributed by atoms with E-state index in [1.54, 1.807) is 6.07 Å². The molecule has 1 aromatic heterocycles. The molecule has 0 atom stereocenters. The zero-order chi connectivity index (χ0) is 26.2. The molecule has 0 aliphatic heterocycles. The molecule has 1 N–H and O–H groups in total. The van der Waals surface area contributed by atoms with Gasteiger partial charge in [-0.3, -0.25) is 9.59 Å². The van der Waals surface area contributed by atoms with E-state index >= 15 is 0 Å². The van der Waals surface area contributed by atoms with Crippen LogP contribution in [0.5, 0.6) is 23.1 Å². The van der Waals surface area contributed by atoms with E-state index in [0.717, 1.165) is 0 Å². The highest BCUT2D eigenvalue weighted by atomic mass is 19.1. The van der Waals surface area contributed by atoms with Gasteiger partial charge in [0, 0.05) is 18.9 Å². The molecule has 3 aromatic carbocycles. The molecule has 9 heteroatoms. The third-order valence-corrected chi connectivity index (χ3v) is 6.56. The molecule has 0 radical (unpaired) electrons. The predicted molar refractivity (Wildman–Crippen MR) is 130 cm³/mol. The van der Waals surface area contributed by atoms with Gasteiger partial charge in [0.1, 0.15) is 12.1 Å². The van der Waals surface area contributed by atoms with Crippen molar-refractivity contribution in [3.8, 4) is 23.1 Å². The molecular formula is C28H22F2N2O5. The zero-order valence-electron chi connectivity index (χ0n) is 19.8. The number of carbonyl (C=O) groups is 2. The Kier molecular flexibility index (Phi) is 6.29. The van der Waals surface area contributed by atoms with Crippen LogP contribution in [-0.4, -0.2) is 33.8 Å². The van der Waals surface area contributed by atoms with Crippen LogP contribution >= 0.6 is 0 Å². The number of phenols is 1. The second-order valence-corrected chi connectivity index (χ2v) is 9.00. The van der Waals surface area contributed by atoms with Crippen LogP contribution < -0.4 is 9.47 Å². The normalized spacial score (nSPS) is 13.8. The van der Waals surface area contributed by atoms with Crippen LogP contribution in [0.3, 0.4) is 0 Å². The molecule has 0 saturated heterocycles. The second kappa shape index (κ2) is 9.57. The SMILES string of the molecule is COc1cc2ncnc(Oc3ccc(CC(=O)C4(C(=O)Cc5ccc(F)cc5)CC4)cc3F)c2cc1O. The quantitative estimate of drug-likeness (QED) is 0.316. The number of phenolic OH excluding ortho intramolecular Hbond substituents is 1. The number of hydrogen-bond acceptors (Lipinski definition) is 7. The first-order valence-electron chi connectivity index (χ1n) is 11.6. The zero-order valence-corrected chi connectivity index (χ0v) is 19.8. The first-order chi connectivity index (χ1) is 17.8. The molecule has 1 aliphatic carbocycles. The number of Topliss-reactive ketones (excluding diaryl/α,β-unsaturated/α-hetero) is 2. The van der Waals surface area contributed by atoms with Crippen LogP contribution in [0.1, 0.15) is 24.0 Å². The molecule has 1 heterocycles. The monoisotopic (exact) mass is 504 g/mol. The highest BCUT2D eigenvalue weighted by Gasteiger charge is 2.54. The lowest BCUT2D eigenvalue weighted by Crippen LogP contribution is -2.28. The number of benzene rings is 3. The molecule has 5 rings (SSSR count). The van der Waals surface area contributed by atoms with Gasteiger partial charge in [-0.1, -0.05) is 18.2 Å². The summed E-state index contributed by atoms with van der Waals surface area (Å²) in [4.78, 5) is 34.0. The standard InChI is InChI=1S/C28H22F2N2O5/c1-36-24-14-21-19(13-22(24)33)27(32-15-31-21)37-23-7-4-17(10-20(23)30)12-26(35)28(8-9-28)25(34)11-16-2-5-18(29)6-3-16/h2-7,10,13-15,33H,8-9,11-12H2,1H3. The maximum absolute atomic E-state index is 14.9. The Morgan fingerprint density at radius 3 is 2.24 bits per heavy atom. The van der Waals surface area contributed by atoms with Crippen LogP contribution in [0.25, 0.3) is 10.9 Å². The Labute approximate surface area is 210 Å². The summed E-state index contributed by atoms with van der Waals surface area (Å²) in [6, 6.07) is 12.6. The number of ketones is 2. The molecule has 0 bridgehead atoms. The number of methoxy groups -OCH3 is 1. The lowest BCUT2D eigenvalue weighted by Gasteiger charge is -2.14. The number of aromatic hydroxyl groups is 1. The fraction of sp³-hybridized carbons (Fsp3) is 0.214. The summed E-state index contributed by atoms with van der Waals surface area (Å²) in [7, 11) is 1.41. The average molecular weight is 504 g/mol. The maximum atomic E-state index is 14.9. The molecule has 7 nitrogen and oxygen atoms in total. The van der Waals surface area contributed by atoms with Crippen molar-refractivity contribution < 1.29 is 33.0 Å². The van der Waals surface area contributed by atoms with E-state index in [2.05, 4.69) is 9.97 Å². The number of rotatable bonds is 9. The predicted octanol–water partition coefficient (Wildman–Crippen LogP) is 5.12. The van der Waals surface area contributed by atoms with Crippen molar-refractivity contribution in [2.75, 3.05) is 7.11 Å². The van der Waals surface area contributed by atoms with Crippen molar-refractivity contribution in [1.29, 1.82) is 0 Å². The van der Waals surface area contributed by atoms with E-state index in [1.165, 1.54) is 62.0 Å². The van der Waals surface area contributed by atoms with Gasteiger partial charge in [0.05, 0.1) is 23.4 Å². The summed E-state index contributed by atoms with van der Waals surface area (Å²) >= 11 is 0. The number of fused-ring (bicyclic) bond motifs is 1. The molecule has 0 spiro atoms. The van der Waals surface area contributed by atoms with Crippen LogP contribution in [0.4, 0.5) is 8.78 Å². The van der Waals surface area contributed by atoms with Crippen molar-refractivity contribution in [3.63, 3.8) is 0 Å². The van der Waals surface area contributed by atoms with Gasteiger partial charge in [-0.2, -0.15) is 0 Å². The summed E-state index contributed by atoms with van der Waals surface area (Å²) in [6.45, 7) is 0. The van der Waals surface area contributed by atoms with Gasteiger partial charge in [-0.05, 0) is 54.3 Å². The topological polar surface area (TPSA) is 98.6 Å². The Morgan fingerprint density at radius 1 is 0.919 bits per heavy atom. The van der Waals surface area contributed by atoms with Crippen molar-refractivity contribution >= 4 is 22.5 Å². The lowest BCUT2D eigenvalue weighted by molar-refractivity contribution is -0.133. The van der Waals surface area contributed by atoms with Crippen molar-refractivity contribution in [1.82, 2.24) is 9.97 Å². The Hall–Kier alpha value is -4.40. The van der Waals surface area contributed by atoms with Crippen molar-refractivity contribution in [2.45, 2.75) is 25.7 Å². The van der Waals surface area contributed by atoms with Crippen molar-refractivity contribution in [3.05, 3.63) is 83.7 Å². The molecule has 1 fully saturated rings. The van der Waals surface area contributed by atoms with E-state index in [1.807, 2.05) is 0 Å². The Morgan fingerprint density at radius 2 is 1.59 bits per heavy atom. The summed E-state index contributed by atoms with van der Waals surface area (Å²) in [5, 5.41) is 10.5. The van der Waals surface area contributed by atoms with E-state index in [9.17, 15) is 23.5 Å². The maximum Gasteiger partial charge on any atom is 0.230 e. The smallest absolute Gasteiger partial charge is 0.230 e. The molecule has 188 valence electrons. The third-order valence-electron chi connectivity index (χ3n) is 6.56. The van der Waals surface area contributed by atoms with Gasteiger partial charge in [0.15, 0.2) is 34.6 Å². The minimum atomic E-state index is -1.07. The van der Waals surface area contributed by atoms with Crippen LogP contribution in [0.2, 0.25) is 0 Å². The fourth-order valence-electron chi connectivity index (χ4n) is 4.28. The fourth-order valence-corrected chi connectivity index (χ4v) is 4.28. The van der Waals surface area contributed by atoms with E-state index in [-0.39, 0.29) is 47.5 Å². The van der Waals surface area contributed by atoms with Gasteiger partial charge < -0.3 is 14.6 Å². The van der Waals surface area contributed by atoms with E-state index in [0.29, 0.717) is 34.9 Å². The summed E-state index contributed by atoms with van der Waals surface area (Å²) in [6.07, 6.45) is 2.09. The number of carbonyl (C=O) groups excluding carboxylic acids is 2. The third kappa shape index (κ3) is 4.84. The lowest BCUT2D eigenvalue weighted by atomic mass is 9.88. The highest BCUT2D eigenvalue weighted by molar-refractivity contribution is 6.10. The molecule has 37 heavy (non-hydrogen) atoms. The minimum absolute atomic E-state index is 0.0361. The molecule has 1 aliphatic rings. The number of aromatic nitrogens is 2. The van der Waals surface area contributed by atoms with Gasteiger partial charge in [0.2, 0.25) is 5.88 Å². The number of ether oxygens (including phenoxy) is 2. The van der Waals surface area contributed by atoms with Gasteiger partial charge in [-0.25, -0.2) is 18.7 Å². The molecule has 0 amide bonds. The number of halogens is 2.